The third-order valence-electron chi connectivity index (χ3n) is 4.61. The number of hydrogen-bond donors (Lipinski definition) is 2. The Bertz CT molecular complexity index is 810. The lowest BCUT2D eigenvalue weighted by molar-refractivity contribution is 0.0600. The van der Waals surface area contributed by atoms with Crippen LogP contribution in [-0.4, -0.2) is 19.0 Å². The van der Waals surface area contributed by atoms with Crippen molar-refractivity contribution in [3.63, 3.8) is 0 Å². The second kappa shape index (κ2) is 5.94. The van der Waals surface area contributed by atoms with Crippen LogP contribution >= 0.6 is 11.3 Å². The molecule has 1 aromatic heterocycles. The van der Waals surface area contributed by atoms with E-state index in [-0.39, 0.29) is 18.0 Å². The van der Waals surface area contributed by atoms with Gasteiger partial charge in [-0.15, -0.1) is 11.3 Å². The lowest BCUT2D eigenvalue weighted by Gasteiger charge is -2.26. The summed E-state index contributed by atoms with van der Waals surface area (Å²) in [6.45, 7) is 0. The molecule has 0 saturated heterocycles. The summed E-state index contributed by atoms with van der Waals surface area (Å²) in [7, 11) is 1.36. The maximum atomic E-state index is 12.6. The molecule has 4 rings (SSSR count). The van der Waals surface area contributed by atoms with Crippen molar-refractivity contribution in [1.82, 2.24) is 5.32 Å². The van der Waals surface area contributed by atoms with Crippen molar-refractivity contribution in [1.29, 1.82) is 0 Å². The summed E-state index contributed by atoms with van der Waals surface area (Å²) < 4.78 is 4.71. The Kier molecular flexibility index (Phi) is 3.76. The Morgan fingerprint density at radius 1 is 1.17 bits per heavy atom. The van der Waals surface area contributed by atoms with Gasteiger partial charge in [0.05, 0.1) is 18.2 Å². The molecule has 1 aliphatic carbocycles. The van der Waals surface area contributed by atoms with Gasteiger partial charge in [-0.1, -0.05) is 12.1 Å². The SMILES string of the molecule is COC(=O)c1ccc(C2NC(=O)c3c(sc4c3CCCC4)N2)cc1. The first kappa shape index (κ1) is 15.2. The molecule has 1 atom stereocenters. The number of thiophene rings is 1. The fourth-order valence-corrected chi connectivity index (χ4v) is 4.69. The first-order valence-electron chi connectivity index (χ1n) is 8.07. The molecule has 124 valence electrons. The Morgan fingerprint density at radius 2 is 1.92 bits per heavy atom. The highest BCUT2D eigenvalue weighted by molar-refractivity contribution is 7.16. The highest BCUT2D eigenvalue weighted by Gasteiger charge is 2.31. The topological polar surface area (TPSA) is 67.4 Å². The van der Waals surface area contributed by atoms with Crippen molar-refractivity contribution in [2.24, 2.45) is 0 Å². The number of benzene rings is 1. The third-order valence-corrected chi connectivity index (χ3v) is 5.84. The number of carbonyl (C=O) groups excluding carboxylic acids is 2. The van der Waals surface area contributed by atoms with Gasteiger partial charge in [0.1, 0.15) is 11.2 Å². The molecular weight excluding hydrogens is 324 g/mol. The maximum absolute atomic E-state index is 12.6. The molecule has 0 bridgehead atoms. The molecule has 5 nitrogen and oxygen atoms in total. The van der Waals surface area contributed by atoms with Gasteiger partial charge < -0.3 is 15.4 Å². The Morgan fingerprint density at radius 3 is 2.67 bits per heavy atom. The zero-order valence-electron chi connectivity index (χ0n) is 13.3. The highest BCUT2D eigenvalue weighted by atomic mass is 32.1. The summed E-state index contributed by atoms with van der Waals surface area (Å²) >= 11 is 1.71. The van der Waals surface area contributed by atoms with Gasteiger partial charge in [-0.25, -0.2) is 4.79 Å². The van der Waals surface area contributed by atoms with Gasteiger partial charge >= 0.3 is 5.97 Å². The van der Waals surface area contributed by atoms with Crippen LogP contribution in [0.4, 0.5) is 5.00 Å². The van der Waals surface area contributed by atoms with Crippen molar-refractivity contribution in [3.05, 3.63) is 51.4 Å². The number of methoxy groups -OCH3 is 1. The number of ether oxygens (including phenoxy) is 1. The number of esters is 1. The van der Waals surface area contributed by atoms with Gasteiger partial charge in [0.2, 0.25) is 0 Å². The lowest BCUT2D eigenvalue weighted by Crippen LogP contribution is -2.38. The molecule has 2 aromatic rings. The van der Waals surface area contributed by atoms with Crippen molar-refractivity contribution in [3.8, 4) is 0 Å². The molecule has 24 heavy (non-hydrogen) atoms. The number of carbonyl (C=O) groups is 2. The second-order valence-electron chi connectivity index (χ2n) is 6.08. The average Bonchev–Trinajstić information content (AvgIpc) is 3.00. The zero-order valence-corrected chi connectivity index (χ0v) is 14.2. The summed E-state index contributed by atoms with van der Waals surface area (Å²) in [6, 6.07) is 7.10. The minimum absolute atomic E-state index is 0.00908. The van der Waals surface area contributed by atoms with Gasteiger partial charge in [0.15, 0.2) is 0 Å². The van der Waals surface area contributed by atoms with E-state index in [4.69, 9.17) is 4.74 Å². The largest absolute Gasteiger partial charge is 0.465 e. The van der Waals surface area contributed by atoms with Gasteiger partial charge in [-0.2, -0.15) is 0 Å². The van der Waals surface area contributed by atoms with Crippen LogP contribution in [0.15, 0.2) is 24.3 Å². The summed E-state index contributed by atoms with van der Waals surface area (Å²) in [5, 5.41) is 7.43. The monoisotopic (exact) mass is 342 g/mol. The summed E-state index contributed by atoms with van der Waals surface area (Å²) in [6.07, 6.45) is 4.14. The van der Waals surface area contributed by atoms with Gasteiger partial charge in [0, 0.05) is 4.88 Å². The van der Waals surface area contributed by atoms with Gasteiger partial charge in [0.25, 0.3) is 5.91 Å². The highest BCUT2D eigenvalue weighted by Crippen LogP contribution is 2.41. The van der Waals surface area contributed by atoms with E-state index in [9.17, 15) is 9.59 Å². The smallest absolute Gasteiger partial charge is 0.337 e. The van der Waals surface area contributed by atoms with Crippen LogP contribution < -0.4 is 10.6 Å². The van der Waals surface area contributed by atoms with Gasteiger partial charge in [-0.3, -0.25) is 4.79 Å². The standard InChI is InChI=1S/C18H18N2O3S/c1-23-18(22)11-8-6-10(7-9-11)15-19-16(21)14-12-4-2-3-5-13(12)24-17(14)20-15/h6-9,15,20H,2-5H2,1H3,(H,19,21). The molecule has 1 unspecified atom stereocenters. The fourth-order valence-electron chi connectivity index (χ4n) is 3.37. The van der Waals surface area contributed by atoms with Gasteiger partial charge in [-0.05, 0) is 48.9 Å². The second-order valence-corrected chi connectivity index (χ2v) is 7.18. The molecule has 1 aromatic carbocycles. The molecule has 6 heteroatoms. The molecule has 0 saturated carbocycles. The van der Waals surface area contributed by atoms with E-state index in [2.05, 4.69) is 10.6 Å². The van der Waals surface area contributed by atoms with E-state index < -0.39 is 0 Å². The van der Waals surface area contributed by atoms with Crippen molar-refractivity contribution in [2.45, 2.75) is 31.8 Å². The number of fused-ring (bicyclic) bond motifs is 3. The van der Waals surface area contributed by atoms with E-state index in [0.29, 0.717) is 5.56 Å². The molecule has 0 spiro atoms. The Labute approximate surface area is 144 Å². The van der Waals surface area contributed by atoms with Crippen LogP contribution in [0, 0.1) is 0 Å². The first-order chi connectivity index (χ1) is 11.7. The van der Waals surface area contributed by atoms with Crippen molar-refractivity contribution in [2.75, 3.05) is 12.4 Å². The minimum Gasteiger partial charge on any atom is -0.465 e. The van der Waals surface area contributed by atoms with Crippen LogP contribution in [0.25, 0.3) is 0 Å². The average molecular weight is 342 g/mol. The van der Waals surface area contributed by atoms with E-state index in [1.807, 2.05) is 12.1 Å². The number of anilines is 1. The molecular formula is C18H18N2O3S. The minimum atomic E-state index is -0.365. The third kappa shape index (κ3) is 2.47. The quantitative estimate of drug-likeness (QED) is 0.822. The molecule has 1 aliphatic heterocycles. The molecule has 2 heterocycles. The molecule has 2 N–H and O–H groups in total. The zero-order chi connectivity index (χ0) is 16.7. The summed E-state index contributed by atoms with van der Waals surface area (Å²) in [5.41, 5.74) is 3.46. The normalized spacial score (nSPS) is 18.9. The molecule has 0 fully saturated rings. The van der Waals surface area contributed by atoms with E-state index in [1.165, 1.54) is 24.0 Å². The number of aryl methyl sites for hydroxylation is 1. The number of nitrogens with one attached hydrogen (secondary N) is 2. The lowest BCUT2D eigenvalue weighted by atomic mass is 9.94. The van der Waals surface area contributed by atoms with E-state index >= 15 is 0 Å². The maximum Gasteiger partial charge on any atom is 0.337 e. The predicted octanol–water partition coefficient (Wildman–Crippen LogP) is 3.27. The molecule has 2 aliphatic rings. The first-order valence-corrected chi connectivity index (χ1v) is 8.89. The summed E-state index contributed by atoms with van der Waals surface area (Å²) in [4.78, 5) is 25.5. The van der Waals surface area contributed by atoms with Crippen LogP contribution in [0.1, 0.15) is 55.7 Å². The van der Waals surface area contributed by atoms with E-state index in [0.717, 1.165) is 35.4 Å². The number of rotatable bonds is 2. The van der Waals surface area contributed by atoms with Crippen LogP contribution in [0.3, 0.4) is 0 Å². The summed E-state index contributed by atoms with van der Waals surface area (Å²) in [5.74, 6) is -0.374. The fraction of sp³-hybridized carbons (Fsp3) is 0.333. The van der Waals surface area contributed by atoms with Crippen LogP contribution in [0.5, 0.6) is 0 Å². The van der Waals surface area contributed by atoms with E-state index in [1.54, 1.807) is 23.5 Å². The molecule has 0 radical (unpaired) electrons. The van der Waals surface area contributed by atoms with Crippen molar-refractivity contribution < 1.29 is 14.3 Å². The van der Waals surface area contributed by atoms with Crippen molar-refractivity contribution >= 4 is 28.2 Å². The Balaban J connectivity index is 1.62. The number of hydrogen-bond acceptors (Lipinski definition) is 5. The molecule has 1 amide bonds. The van der Waals surface area contributed by atoms with Crippen LogP contribution in [-0.2, 0) is 17.6 Å². The van der Waals surface area contributed by atoms with Crippen LogP contribution in [0.2, 0.25) is 0 Å². The predicted molar refractivity (Wildman–Crippen MR) is 92.6 cm³/mol. The Hall–Kier alpha value is -2.34. The number of amides is 1.